The molecule has 0 aromatic heterocycles. The standard InChI is InChI=1S/C23H36O2/c1-5-16-7-9-20-19-8-6-17-14-18(25-15(2)24)10-12-23(17,4)21(19)11-13-22(16,20)3/h7,17-21H,5-6,8-14H2,1-4H3. The third-order valence-corrected chi connectivity index (χ3v) is 9.07. The molecule has 4 aliphatic carbocycles. The van der Waals surface area contributed by atoms with Gasteiger partial charge in [0.05, 0.1) is 0 Å². The zero-order chi connectivity index (χ0) is 17.8. The van der Waals surface area contributed by atoms with Crippen molar-refractivity contribution < 1.29 is 9.53 Å². The summed E-state index contributed by atoms with van der Waals surface area (Å²) >= 11 is 0. The Morgan fingerprint density at radius 2 is 1.96 bits per heavy atom. The second-order valence-electron chi connectivity index (χ2n) is 9.94. The fourth-order valence-corrected chi connectivity index (χ4v) is 7.76. The van der Waals surface area contributed by atoms with Crippen LogP contribution in [0.25, 0.3) is 0 Å². The first-order valence-corrected chi connectivity index (χ1v) is 10.7. The highest BCUT2D eigenvalue weighted by Gasteiger charge is 2.58. The van der Waals surface area contributed by atoms with Crippen LogP contribution < -0.4 is 0 Å². The molecule has 7 unspecified atom stereocenters. The second kappa shape index (κ2) is 6.13. The molecule has 25 heavy (non-hydrogen) atoms. The topological polar surface area (TPSA) is 26.3 Å². The Hall–Kier alpha value is -0.790. The summed E-state index contributed by atoms with van der Waals surface area (Å²) in [6.07, 6.45) is 14.4. The minimum absolute atomic E-state index is 0.0974. The van der Waals surface area contributed by atoms with Crippen molar-refractivity contribution in [3.8, 4) is 0 Å². The van der Waals surface area contributed by atoms with Crippen molar-refractivity contribution in [2.24, 2.45) is 34.5 Å². The number of hydrogen-bond acceptors (Lipinski definition) is 2. The quantitative estimate of drug-likeness (QED) is 0.460. The third-order valence-electron chi connectivity index (χ3n) is 9.07. The zero-order valence-corrected chi connectivity index (χ0v) is 16.6. The van der Waals surface area contributed by atoms with Crippen molar-refractivity contribution in [3.63, 3.8) is 0 Å². The van der Waals surface area contributed by atoms with Crippen LogP contribution in [-0.2, 0) is 9.53 Å². The van der Waals surface area contributed by atoms with Crippen molar-refractivity contribution in [1.82, 2.24) is 0 Å². The molecule has 140 valence electrons. The summed E-state index contributed by atoms with van der Waals surface area (Å²) in [4.78, 5) is 11.4. The lowest BCUT2D eigenvalue weighted by Gasteiger charge is -2.61. The highest BCUT2D eigenvalue weighted by Crippen LogP contribution is 2.66. The number of allylic oxidation sites excluding steroid dienone is 2. The lowest BCUT2D eigenvalue weighted by molar-refractivity contribution is -0.158. The van der Waals surface area contributed by atoms with Crippen LogP contribution in [0.2, 0.25) is 0 Å². The highest BCUT2D eigenvalue weighted by molar-refractivity contribution is 5.66. The molecule has 0 amide bonds. The maximum absolute atomic E-state index is 11.4. The van der Waals surface area contributed by atoms with Gasteiger partial charge in [-0.3, -0.25) is 4.79 Å². The number of ether oxygens (including phenoxy) is 1. The van der Waals surface area contributed by atoms with E-state index in [0.29, 0.717) is 10.8 Å². The highest BCUT2D eigenvalue weighted by atomic mass is 16.5. The maximum atomic E-state index is 11.4. The molecule has 0 radical (unpaired) electrons. The molecule has 2 nitrogen and oxygen atoms in total. The van der Waals surface area contributed by atoms with Crippen LogP contribution >= 0.6 is 0 Å². The van der Waals surface area contributed by atoms with Gasteiger partial charge in [0.2, 0.25) is 0 Å². The van der Waals surface area contributed by atoms with Crippen molar-refractivity contribution in [1.29, 1.82) is 0 Å². The normalized spacial score (nSPS) is 48.8. The zero-order valence-electron chi connectivity index (χ0n) is 16.6. The van der Waals surface area contributed by atoms with Gasteiger partial charge >= 0.3 is 5.97 Å². The first-order valence-electron chi connectivity index (χ1n) is 10.7. The van der Waals surface area contributed by atoms with Crippen molar-refractivity contribution in [2.45, 2.75) is 91.6 Å². The average molecular weight is 345 g/mol. The smallest absolute Gasteiger partial charge is 0.302 e. The molecule has 7 atom stereocenters. The summed E-state index contributed by atoms with van der Waals surface area (Å²) in [6, 6.07) is 0. The molecule has 4 aliphatic rings. The van der Waals surface area contributed by atoms with E-state index in [2.05, 4.69) is 26.8 Å². The van der Waals surface area contributed by atoms with Crippen LogP contribution in [0.3, 0.4) is 0 Å². The molecule has 3 fully saturated rings. The third kappa shape index (κ3) is 2.61. The minimum Gasteiger partial charge on any atom is -0.463 e. The van der Waals surface area contributed by atoms with E-state index in [9.17, 15) is 4.79 Å². The number of hydrogen-bond donors (Lipinski definition) is 0. The largest absolute Gasteiger partial charge is 0.463 e. The van der Waals surface area contributed by atoms with Crippen LogP contribution in [0.15, 0.2) is 11.6 Å². The van der Waals surface area contributed by atoms with Gasteiger partial charge in [-0.2, -0.15) is 0 Å². The predicted octanol–water partition coefficient (Wildman–Crippen LogP) is 5.91. The van der Waals surface area contributed by atoms with Crippen molar-refractivity contribution in [3.05, 3.63) is 11.6 Å². The van der Waals surface area contributed by atoms with E-state index in [4.69, 9.17) is 4.74 Å². The Morgan fingerprint density at radius 3 is 2.68 bits per heavy atom. The van der Waals surface area contributed by atoms with Gasteiger partial charge in [-0.25, -0.2) is 0 Å². The summed E-state index contributed by atoms with van der Waals surface area (Å²) in [5.41, 5.74) is 2.73. The first kappa shape index (κ1) is 17.6. The predicted molar refractivity (Wildman–Crippen MR) is 101 cm³/mol. The average Bonchev–Trinajstić information content (AvgIpc) is 2.91. The minimum atomic E-state index is -0.0974. The van der Waals surface area contributed by atoms with Gasteiger partial charge in [0.1, 0.15) is 6.10 Å². The summed E-state index contributed by atoms with van der Waals surface area (Å²) < 4.78 is 5.59. The van der Waals surface area contributed by atoms with Gasteiger partial charge < -0.3 is 4.74 Å². The SMILES string of the molecule is CCC1=CCC2C3CCC4CC(OC(C)=O)CCC4(C)C3CCC12C. The second-order valence-corrected chi connectivity index (χ2v) is 9.94. The molecule has 0 aromatic rings. The number of carbonyl (C=O) groups excluding carboxylic acids is 1. The summed E-state index contributed by atoms with van der Waals surface area (Å²) in [6.45, 7) is 9.07. The molecule has 0 heterocycles. The Kier molecular flexibility index (Phi) is 4.32. The number of carbonyl (C=O) groups is 1. The van der Waals surface area contributed by atoms with Crippen LogP contribution in [0.1, 0.15) is 85.5 Å². The van der Waals surface area contributed by atoms with E-state index in [1.165, 1.54) is 44.9 Å². The summed E-state index contributed by atoms with van der Waals surface area (Å²) in [7, 11) is 0. The lowest BCUT2D eigenvalue weighted by Crippen LogP contribution is -2.53. The van der Waals surface area contributed by atoms with Crippen LogP contribution in [0.5, 0.6) is 0 Å². The van der Waals surface area contributed by atoms with Crippen LogP contribution in [-0.4, -0.2) is 12.1 Å². The lowest BCUT2D eigenvalue weighted by atomic mass is 9.44. The first-order chi connectivity index (χ1) is 11.9. The van der Waals surface area contributed by atoms with Gasteiger partial charge in [0, 0.05) is 6.92 Å². The molecule has 2 heteroatoms. The Morgan fingerprint density at radius 1 is 1.16 bits per heavy atom. The van der Waals surface area contributed by atoms with E-state index in [1.807, 2.05) is 0 Å². The molecule has 0 saturated heterocycles. The van der Waals surface area contributed by atoms with E-state index in [0.717, 1.165) is 36.5 Å². The molecule has 0 spiro atoms. The van der Waals surface area contributed by atoms with Gasteiger partial charge in [-0.05, 0) is 92.3 Å². The monoisotopic (exact) mass is 344 g/mol. The fraction of sp³-hybridized carbons (Fsp3) is 0.870. The van der Waals surface area contributed by atoms with E-state index in [-0.39, 0.29) is 12.1 Å². The van der Waals surface area contributed by atoms with E-state index >= 15 is 0 Å². The van der Waals surface area contributed by atoms with E-state index < -0.39 is 0 Å². The summed E-state index contributed by atoms with van der Waals surface area (Å²) in [5.74, 6) is 3.37. The molecular weight excluding hydrogens is 308 g/mol. The molecule has 3 saturated carbocycles. The van der Waals surface area contributed by atoms with Crippen molar-refractivity contribution >= 4 is 5.97 Å². The Labute approximate surface area is 153 Å². The van der Waals surface area contributed by atoms with Crippen molar-refractivity contribution in [2.75, 3.05) is 0 Å². The maximum Gasteiger partial charge on any atom is 0.302 e. The Bertz CT molecular complexity index is 579. The van der Waals surface area contributed by atoms with Crippen LogP contribution in [0.4, 0.5) is 0 Å². The molecule has 0 aromatic carbocycles. The number of fused-ring (bicyclic) bond motifs is 5. The molecule has 0 N–H and O–H groups in total. The van der Waals surface area contributed by atoms with Crippen LogP contribution in [0, 0.1) is 34.5 Å². The van der Waals surface area contributed by atoms with E-state index in [1.54, 1.807) is 12.5 Å². The van der Waals surface area contributed by atoms with Gasteiger partial charge in [-0.15, -0.1) is 0 Å². The molecular formula is C23H36O2. The molecule has 4 rings (SSSR count). The molecule has 0 aliphatic heterocycles. The number of rotatable bonds is 2. The van der Waals surface area contributed by atoms with Gasteiger partial charge in [0.25, 0.3) is 0 Å². The number of esters is 1. The van der Waals surface area contributed by atoms with Gasteiger partial charge in [0.15, 0.2) is 0 Å². The fourth-order valence-electron chi connectivity index (χ4n) is 7.76. The summed E-state index contributed by atoms with van der Waals surface area (Å²) in [5, 5.41) is 0. The Balaban J connectivity index is 1.53. The van der Waals surface area contributed by atoms with Gasteiger partial charge in [-0.1, -0.05) is 32.4 Å². The molecule has 0 bridgehead atoms.